The number of nitrogens with two attached hydrogens (primary N) is 1. The van der Waals surface area contributed by atoms with E-state index in [-0.39, 0.29) is 5.91 Å². The van der Waals surface area contributed by atoms with Crippen molar-refractivity contribution in [3.63, 3.8) is 0 Å². The Morgan fingerprint density at radius 2 is 2.20 bits per heavy atom. The van der Waals surface area contributed by atoms with Crippen LogP contribution in [0.3, 0.4) is 0 Å². The molecular weight excluding hydrogens is 188 g/mol. The summed E-state index contributed by atoms with van der Waals surface area (Å²) in [4.78, 5) is 11.1. The largest absolute Gasteiger partial charge is 0.382 e. The second-order valence-corrected chi connectivity index (χ2v) is 4.17. The van der Waals surface area contributed by atoms with Gasteiger partial charge in [0.15, 0.2) is 0 Å². The van der Waals surface area contributed by atoms with E-state index in [1.807, 2.05) is 25.1 Å². The third-order valence-corrected chi connectivity index (χ3v) is 2.98. The maximum Gasteiger partial charge on any atom is 0.249 e. The van der Waals surface area contributed by atoms with E-state index >= 15 is 0 Å². The maximum atomic E-state index is 11.1. The van der Waals surface area contributed by atoms with Crippen molar-refractivity contribution in [3.05, 3.63) is 29.3 Å². The highest BCUT2D eigenvalue weighted by atomic mass is 16.1. The lowest BCUT2D eigenvalue weighted by Crippen LogP contribution is -2.27. The number of anilines is 1. The molecule has 0 unspecified atom stereocenters. The number of benzene rings is 1. The van der Waals surface area contributed by atoms with Gasteiger partial charge in [-0.2, -0.15) is 0 Å². The SMILES string of the molecule is Cc1ccc(NC2CCC2)cc1C(N)=O. The van der Waals surface area contributed by atoms with Crippen LogP contribution in [0.1, 0.15) is 35.2 Å². The summed E-state index contributed by atoms with van der Waals surface area (Å²) in [6, 6.07) is 6.35. The Morgan fingerprint density at radius 1 is 1.47 bits per heavy atom. The van der Waals surface area contributed by atoms with Crippen LogP contribution in [0.2, 0.25) is 0 Å². The second kappa shape index (κ2) is 3.93. The summed E-state index contributed by atoms with van der Waals surface area (Å²) in [7, 11) is 0. The molecular formula is C12H16N2O. The van der Waals surface area contributed by atoms with Crippen molar-refractivity contribution < 1.29 is 4.79 Å². The average molecular weight is 204 g/mol. The molecule has 1 amide bonds. The highest BCUT2D eigenvalue weighted by molar-refractivity contribution is 5.95. The first-order chi connectivity index (χ1) is 7.16. The molecule has 1 aromatic rings. The molecule has 0 aromatic heterocycles. The van der Waals surface area contributed by atoms with Gasteiger partial charge in [-0.05, 0) is 43.9 Å². The first-order valence-corrected chi connectivity index (χ1v) is 5.34. The summed E-state index contributed by atoms with van der Waals surface area (Å²) in [5, 5.41) is 3.39. The van der Waals surface area contributed by atoms with Crippen LogP contribution in [0.15, 0.2) is 18.2 Å². The van der Waals surface area contributed by atoms with Crippen molar-refractivity contribution in [1.82, 2.24) is 0 Å². The van der Waals surface area contributed by atoms with Gasteiger partial charge in [-0.25, -0.2) is 0 Å². The number of carbonyl (C=O) groups excluding carboxylic acids is 1. The summed E-state index contributed by atoms with van der Waals surface area (Å²) < 4.78 is 0. The zero-order valence-corrected chi connectivity index (χ0v) is 8.92. The molecule has 1 fully saturated rings. The number of primary amides is 1. The zero-order valence-electron chi connectivity index (χ0n) is 8.92. The first-order valence-electron chi connectivity index (χ1n) is 5.34. The Kier molecular flexibility index (Phi) is 2.62. The van der Waals surface area contributed by atoms with E-state index in [9.17, 15) is 4.79 Å². The number of carbonyl (C=O) groups is 1. The number of rotatable bonds is 3. The fourth-order valence-electron chi connectivity index (χ4n) is 1.77. The van der Waals surface area contributed by atoms with Crippen molar-refractivity contribution >= 4 is 11.6 Å². The third-order valence-electron chi connectivity index (χ3n) is 2.98. The standard InChI is InChI=1S/C12H16N2O/c1-8-5-6-10(7-11(8)12(13)15)14-9-3-2-4-9/h5-7,9,14H,2-4H2,1H3,(H2,13,15). The monoisotopic (exact) mass is 204 g/mol. The van der Waals surface area contributed by atoms with Crippen LogP contribution in [-0.4, -0.2) is 11.9 Å². The van der Waals surface area contributed by atoms with Crippen LogP contribution < -0.4 is 11.1 Å². The molecule has 0 bridgehead atoms. The van der Waals surface area contributed by atoms with E-state index in [4.69, 9.17) is 5.73 Å². The number of nitrogens with one attached hydrogen (secondary N) is 1. The Morgan fingerprint density at radius 3 is 2.73 bits per heavy atom. The van der Waals surface area contributed by atoms with Crippen molar-refractivity contribution in [2.24, 2.45) is 5.73 Å². The van der Waals surface area contributed by atoms with E-state index in [0.29, 0.717) is 11.6 Å². The fraction of sp³-hybridized carbons (Fsp3) is 0.417. The Labute approximate surface area is 89.7 Å². The van der Waals surface area contributed by atoms with Crippen LogP contribution in [0, 0.1) is 6.92 Å². The van der Waals surface area contributed by atoms with Gasteiger partial charge in [0.1, 0.15) is 0 Å². The molecule has 2 rings (SSSR count). The van der Waals surface area contributed by atoms with Gasteiger partial charge < -0.3 is 11.1 Å². The maximum absolute atomic E-state index is 11.1. The van der Waals surface area contributed by atoms with Gasteiger partial charge in [0.25, 0.3) is 0 Å². The first kappa shape index (κ1) is 10.0. The van der Waals surface area contributed by atoms with Crippen LogP contribution in [-0.2, 0) is 0 Å². The fourth-order valence-corrected chi connectivity index (χ4v) is 1.77. The Bertz CT molecular complexity index is 383. The van der Waals surface area contributed by atoms with E-state index in [1.54, 1.807) is 0 Å². The number of amides is 1. The molecule has 80 valence electrons. The summed E-state index contributed by atoms with van der Waals surface area (Å²) in [6.07, 6.45) is 3.74. The lowest BCUT2D eigenvalue weighted by molar-refractivity contribution is 0.1000. The van der Waals surface area contributed by atoms with Gasteiger partial charge in [0.2, 0.25) is 5.91 Å². The summed E-state index contributed by atoms with van der Waals surface area (Å²) in [5.41, 5.74) is 7.84. The lowest BCUT2D eigenvalue weighted by Gasteiger charge is -2.27. The number of aryl methyl sites for hydroxylation is 1. The van der Waals surface area contributed by atoms with Gasteiger partial charge in [-0.3, -0.25) is 4.79 Å². The average Bonchev–Trinajstić information content (AvgIpc) is 2.13. The van der Waals surface area contributed by atoms with E-state index in [0.717, 1.165) is 11.3 Å². The molecule has 3 heteroatoms. The third kappa shape index (κ3) is 2.12. The molecule has 0 radical (unpaired) electrons. The molecule has 0 saturated heterocycles. The predicted molar refractivity (Wildman–Crippen MR) is 61.0 cm³/mol. The summed E-state index contributed by atoms with van der Waals surface area (Å²) in [6.45, 7) is 1.90. The van der Waals surface area contributed by atoms with E-state index < -0.39 is 0 Å². The molecule has 0 atom stereocenters. The Hall–Kier alpha value is -1.51. The summed E-state index contributed by atoms with van der Waals surface area (Å²) >= 11 is 0. The highest BCUT2D eigenvalue weighted by Crippen LogP contribution is 2.24. The number of hydrogen-bond acceptors (Lipinski definition) is 2. The minimum atomic E-state index is -0.357. The molecule has 1 saturated carbocycles. The highest BCUT2D eigenvalue weighted by Gasteiger charge is 2.17. The van der Waals surface area contributed by atoms with Gasteiger partial charge in [0, 0.05) is 17.3 Å². The van der Waals surface area contributed by atoms with Crippen molar-refractivity contribution in [1.29, 1.82) is 0 Å². The molecule has 15 heavy (non-hydrogen) atoms. The van der Waals surface area contributed by atoms with E-state index in [2.05, 4.69) is 5.32 Å². The zero-order chi connectivity index (χ0) is 10.8. The van der Waals surface area contributed by atoms with Gasteiger partial charge >= 0.3 is 0 Å². The van der Waals surface area contributed by atoms with Crippen LogP contribution in [0.5, 0.6) is 0 Å². The van der Waals surface area contributed by atoms with Gasteiger partial charge in [-0.1, -0.05) is 6.07 Å². The van der Waals surface area contributed by atoms with Crippen molar-refractivity contribution in [3.8, 4) is 0 Å². The minimum absolute atomic E-state index is 0.357. The smallest absolute Gasteiger partial charge is 0.249 e. The Balaban J connectivity index is 2.17. The molecule has 0 heterocycles. The minimum Gasteiger partial charge on any atom is -0.382 e. The second-order valence-electron chi connectivity index (χ2n) is 4.17. The normalized spacial score (nSPS) is 15.8. The predicted octanol–water partition coefficient (Wildman–Crippen LogP) is 2.06. The van der Waals surface area contributed by atoms with Crippen molar-refractivity contribution in [2.75, 3.05) is 5.32 Å². The molecule has 3 N–H and O–H groups in total. The van der Waals surface area contributed by atoms with Gasteiger partial charge in [0.05, 0.1) is 0 Å². The number of hydrogen-bond donors (Lipinski definition) is 2. The molecule has 1 aromatic carbocycles. The van der Waals surface area contributed by atoms with Crippen LogP contribution in [0.4, 0.5) is 5.69 Å². The van der Waals surface area contributed by atoms with Gasteiger partial charge in [-0.15, -0.1) is 0 Å². The molecule has 3 nitrogen and oxygen atoms in total. The van der Waals surface area contributed by atoms with Crippen LogP contribution >= 0.6 is 0 Å². The quantitative estimate of drug-likeness (QED) is 0.791. The van der Waals surface area contributed by atoms with E-state index in [1.165, 1.54) is 19.3 Å². The molecule has 0 aliphatic heterocycles. The summed E-state index contributed by atoms with van der Waals surface area (Å²) in [5.74, 6) is -0.357. The molecule has 1 aliphatic carbocycles. The molecule has 1 aliphatic rings. The molecule has 0 spiro atoms. The van der Waals surface area contributed by atoms with Crippen molar-refractivity contribution in [2.45, 2.75) is 32.2 Å². The topological polar surface area (TPSA) is 55.1 Å². The lowest BCUT2D eigenvalue weighted by atomic mass is 9.93. The van der Waals surface area contributed by atoms with Crippen LogP contribution in [0.25, 0.3) is 0 Å².